The number of anilines is 1. The molecule has 0 saturated heterocycles. The van der Waals surface area contributed by atoms with Crippen LogP contribution in [0.15, 0.2) is 18.2 Å². The van der Waals surface area contributed by atoms with Gasteiger partial charge in [0.15, 0.2) is 0 Å². The Labute approximate surface area is 92.0 Å². The van der Waals surface area contributed by atoms with Crippen LogP contribution in [0.5, 0.6) is 0 Å². The van der Waals surface area contributed by atoms with Gasteiger partial charge in [0.2, 0.25) is 10.0 Å². The van der Waals surface area contributed by atoms with Gasteiger partial charge in [-0.1, -0.05) is 6.07 Å². The first-order valence-electron chi connectivity index (χ1n) is 4.26. The van der Waals surface area contributed by atoms with Crippen LogP contribution in [-0.2, 0) is 21.2 Å². The van der Waals surface area contributed by atoms with E-state index in [1.807, 2.05) is 4.72 Å². The Morgan fingerprint density at radius 2 is 2.12 bits per heavy atom. The molecule has 1 aromatic carbocycles. The first-order valence-corrected chi connectivity index (χ1v) is 6.15. The van der Waals surface area contributed by atoms with Crippen molar-refractivity contribution in [1.82, 2.24) is 0 Å². The van der Waals surface area contributed by atoms with Crippen LogP contribution in [-0.4, -0.2) is 25.7 Å². The van der Waals surface area contributed by atoms with E-state index in [0.717, 1.165) is 18.4 Å². The summed E-state index contributed by atoms with van der Waals surface area (Å²) in [5.41, 5.74) is 0.0706. The van der Waals surface area contributed by atoms with Gasteiger partial charge in [0, 0.05) is 0 Å². The molecule has 1 rings (SSSR count). The first kappa shape index (κ1) is 12.4. The lowest BCUT2D eigenvalue weighted by Gasteiger charge is -2.06. The monoisotopic (exact) mass is 247 g/mol. The van der Waals surface area contributed by atoms with Gasteiger partial charge in [-0.3, -0.25) is 9.52 Å². The number of carboxylic acids is 1. The van der Waals surface area contributed by atoms with Crippen molar-refractivity contribution < 1.29 is 22.7 Å². The SMILES string of the molecule is CS(=O)(=O)Nc1cc(CC(=O)O)ccc1F. The van der Waals surface area contributed by atoms with Crippen molar-refractivity contribution in [2.45, 2.75) is 6.42 Å². The second-order valence-electron chi connectivity index (χ2n) is 3.26. The second-order valence-corrected chi connectivity index (χ2v) is 5.01. The average Bonchev–Trinajstić information content (AvgIpc) is 2.07. The molecular weight excluding hydrogens is 237 g/mol. The number of hydrogen-bond acceptors (Lipinski definition) is 3. The maximum Gasteiger partial charge on any atom is 0.307 e. The van der Waals surface area contributed by atoms with Crippen molar-refractivity contribution >= 4 is 21.7 Å². The number of rotatable bonds is 4. The van der Waals surface area contributed by atoms with Crippen molar-refractivity contribution in [3.8, 4) is 0 Å². The number of carboxylic acid groups (broad SMARTS) is 1. The fourth-order valence-electron chi connectivity index (χ4n) is 1.13. The summed E-state index contributed by atoms with van der Waals surface area (Å²) >= 11 is 0. The van der Waals surface area contributed by atoms with Crippen molar-refractivity contribution in [3.05, 3.63) is 29.6 Å². The quantitative estimate of drug-likeness (QED) is 0.825. The molecule has 0 aliphatic heterocycles. The minimum atomic E-state index is -3.58. The summed E-state index contributed by atoms with van der Waals surface area (Å²) in [5, 5.41) is 8.53. The molecule has 0 amide bonds. The largest absolute Gasteiger partial charge is 0.481 e. The molecule has 0 bridgehead atoms. The van der Waals surface area contributed by atoms with Gasteiger partial charge in [0.05, 0.1) is 18.4 Å². The van der Waals surface area contributed by atoms with Gasteiger partial charge in [-0.05, 0) is 17.7 Å². The lowest BCUT2D eigenvalue weighted by atomic mass is 10.1. The highest BCUT2D eigenvalue weighted by Gasteiger charge is 2.09. The molecule has 0 atom stereocenters. The molecule has 88 valence electrons. The Morgan fingerprint density at radius 3 is 2.62 bits per heavy atom. The Balaban J connectivity index is 3.04. The van der Waals surface area contributed by atoms with Gasteiger partial charge in [0.1, 0.15) is 5.82 Å². The molecule has 7 heteroatoms. The zero-order valence-corrected chi connectivity index (χ0v) is 9.21. The van der Waals surface area contributed by atoms with Crippen LogP contribution in [0.2, 0.25) is 0 Å². The van der Waals surface area contributed by atoms with Crippen LogP contribution >= 0.6 is 0 Å². The van der Waals surface area contributed by atoms with Gasteiger partial charge in [-0.15, -0.1) is 0 Å². The van der Waals surface area contributed by atoms with Gasteiger partial charge in [-0.25, -0.2) is 12.8 Å². The highest BCUT2D eigenvalue weighted by molar-refractivity contribution is 7.92. The number of hydrogen-bond donors (Lipinski definition) is 2. The van der Waals surface area contributed by atoms with Crippen LogP contribution in [0.1, 0.15) is 5.56 Å². The van der Waals surface area contributed by atoms with Crippen molar-refractivity contribution in [2.24, 2.45) is 0 Å². The molecule has 0 saturated carbocycles. The van der Waals surface area contributed by atoms with E-state index in [0.29, 0.717) is 5.56 Å². The molecule has 0 unspecified atom stereocenters. The summed E-state index contributed by atoms with van der Waals surface area (Å²) in [4.78, 5) is 10.4. The minimum absolute atomic E-state index is 0.249. The first-order chi connectivity index (χ1) is 7.28. The third kappa shape index (κ3) is 3.85. The number of nitrogens with one attached hydrogen (secondary N) is 1. The molecule has 0 aromatic heterocycles. The normalized spacial score (nSPS) is 11.1. The molecule has 0 heterocycles. The zero-order chi connectivity index (χ0) is 12.3. The van der Waals surface area contributed by atoms with E-state index in [-0.39, 0.29) is 12.1 Å². The molecule has 0 aliphatic rings. The Bertz CT molecular complexity index is 512. The molecule has 5 nitrogen and oxygen atoms in total. The number of benzene rings is 1. The third-order valence-corrected chi connectivity index (χ3v) is 2.27. The lowest BCUT2D eigenvalue weighted by Crippen LogP contribution is -2.11. The molecule has 0 radical (unpaired) electrons. The van der Waals surface area contributed by atoms with E-state index in [4.69, 9.17) is 5.11 Å². The standard InChI is InChI=1S/C9H10FNO4S/c1-16(14,15)11-8-4-6(5-9(12)13)2-3-7(8)10/h2-4,11H,5H2,1H3,(H,12,13). The summed E-state index contributed by atoms with van der Waals surface area (Å²) in [5.74, 6) is -1.82. The van der Waals surface area contributed by atoms with E-state index >= 15 is 0 Å². The van der Waals surface area contributed by atoms with Gasteiger partial charge >= 0.3 is 5.97 Å². The number of aliphatic carboxylic acids is 1. The molecule has 2 N–H and O–H groups in total. The zero-order valence-electron chi connectivity index (χ0n) is 8.40. The van der Waals surface area contributed by atoms with Crippen LogP contribution < -0.4 is 4.72 Å². The van der Waals surface area contributed by atoms with Gasteiger partial charge in [0.25, 0.3) is 0 Å². The fraction of sp³-hybridized carbons (Fsp3) is 0.222. The Hall–Kier alpha value is -1.63. The maximum atomic E-state index is 13.2. The second kappa shape index (κ2) is 4.48. The predicted molar refractivity (Wildman–Crippen MR) is 56.2 cm³/mol. The summed E-state index contributed by atoms with van der Waals surface area (Å²) in [6, 6.07) is 3.47. The molecular formula is C9H10FNO4S. The average molecular weight is 247 g/mol. The van der Waals surface area contributed by atoms with Crippen LogP contribution in [0.4, 0.5) is 10.1 Å². The topological polar surface area (TPSA) is 83.5 Å². The van der Waals surface area contributed by atoms with Crippen LogP contribution in [0.3, 0.4) is 0 Å². The Morgan fingerprint density at radius 1 is 1.50 bits per heavy atom. The smallest absolute Gasteiger partial charge is 0.307 e. The van der Waals surface area contributed by atoms with E-state index < -0.39 is 21.8 Å². The van der Waals surface area contributed by atoms with Crippen molar-refractivity contribution in [2.75, 3.05) is 11.0 Å². The number of carbonyl (C=O) groups is 1. The molecule has 16 heavy (non-hydrogen) atoms. The van der Waals surface area contributed by atoms with E-state index in [2.05, 4.69) is 0 Å². The third-order valence-electron chi connectivity index (χ3n) is 1.68. The highest BCUT2D eigenvalue weighted by atomic mass is 32.2. The van der Waals surface area contributed by atoms with E-state index in [1.54, 1.807) is 0 Å². The van der Waals surface area contributed by atoms with E-state index in [9.17, 15) is 17.6 Å². The van der Waals surface area contributed by atoms with E-state index in [1.165, 1.54) is 6.07 Å². The van der Waals surface area contributed by atoms with Crippen molar-refractivity contribution in [1.29, 1.82) is 0 Å². The highest BCUT2D eigenvalue weighted by Crippen LogP contribution is 2.17. The lowest BCUT2D eigenvalue weighted by molar-refractivity contribution is -0.136. The molecule has 0 aliphatic carbocycles. The maximum absolute atomic E-state index is 13.2. The minimum Gasteiger partial charge on any atom is -0.481 e. The summed E-state index contributed by atoms with van der Waals surface area (Å²) < 4.78 is 36.9. The summed E-state index contributed by atoms with van der Waals surface area (Å²) in [6.45, 7) is 0. The number of sulfonamides is 1. The van der Waals surface area contributed by atoms with Gasteiger partial charge < -0.3 is 5.11 Å². The molecule has 1 aromatic rings. The predicted octanol–water partition coefficient (Wildman–Crippen LogP) is 0.824. The molecule has 0 fully saturated rings. The Kier molecular flexibility index (Phi) is 3.48. The van der Waals surface area contributed by atoms with Gasteiger partial charge in [-0.2, -0.15) is 0 Å². The van der Waals surface area contributed by atoms with Crippen LogP contribution in [0, 0.1) is 5.82 Å². The summed E-state index contributed by atoms with van der Waals surface area (Å²) in [6.07, 6.45) is 0.592. The fourth-order valence-corrected chi connectivity index (χ4v) is 1.69. The van der Waals surface area contributed by atoms with Crippen LogP contribution in [0.25, 0.3) is 0 Å². The number of halogens is 1. The molecule has 0 spiro atoms. The van der Waals surface area contributed by atoms with Crippen molar-refractivity contribution in [3.63, 3.8) is 0 Å². The summed E-state index contributed by atoms with van der Waals surface area (Å²) in [7, 11) is -3.58.